The number of hydrogen-bond donors (Lipinski definition) is 6. The molecule has 0 saturated heterocycles. The van der Waals surface area contributed by atoms with Crippen LogP contribution in [-0.2, 0) is 41.5 Å². The molecule has 84 heavy (non-hydrogen) atoms. The molecule has 0 aliphatic carbocycles. The van der Waals surface area contributed by atoms with E-state index in [0.717, 1.165) is 12.1 Å². The number of azo groups is 4. The van der Waals surface area contributed by atoms with Crippen LogP contribution in [0.1, 0.15) is 31.8 Å². The summed E-state index contributed by atoms with van der Waals surface area (Å²) in [5.41, 5.74) is 24.1. The van der Waals surface area contributed by atoms with Crippen molar-refractivity contribution in [3.05, 3.63) is 156 Å². The van der Waals surface area contributed by atoms with Gasteiger partial charge in [-0.25, -0.2) is 21.9 Å². The second-order valence-corrected chi connectivity index (χ2v) is 19.1. The maximum absolute atomic E-state index is 12.5. The molecule has 0 fully saturated rings. The Morgan fingerprint density at radius 2 is 0.929 bits per heavy atom. The first-order chi connectivity index (χ1) is 37.7. The summed E-state index contributed by atoms with van der Waals surface area (Å²) >= 11 is 0. The Bertz CT molecular complexity index is 4400. The zero-order valence-corrected chi connectivity index (χ0v) is 55.1. The third-order valence-corrected chi connectivity index (χ3v) is 12.2. The molecule has 8 aromatic rings. The van der Waals surface area contributed by atoms with E-state index in [0.29, 0.717) is 33.6 Å². The topological polar surface area (TPSA) is 494 Å². The number of benzene rings is 8. The average molecular weight is 1250 g/mol. The van der Waals surface area contributed by atoms with Crippen molar-refractivity contribution in [2.45, 2.75) is 9.79 Å². The van der Waals surface area contributed by atoms with E-state index in [1.165, 1.54) is 91.0 Å². The minimum Gasteiger partial charge on any atom is -0.744 e. The van der Waals surface area contributed by atoms with Crippen molar-refractivity contribution in [1.29, 1.82) is 0 Å². The number of anilines is 2. The molecule has 0 heterocycles. The summed E-state index contributed by atoms with van der Waals surface area (Å²) in [4.78, 5) is 21.0. The average Bonchev–Trinajstić information content (AvgIpc) is 3.44. The van der Waals surface area contributed by atoms with Gasteiger partial charge in [0.15, 0.2) is 5.75 Å². The fraction of sp³-hybridized carbons (Fsp3) is 0. The molecule has 0 unspecified atom stereocenters. The first kappa shape index (κ1) is 73.7. The number of fused-ring (bicyclic) bond motifs is 2. The van der Waals surface area contributed by atoms with Crippen LogP contribution >= 0.6 is 0 Å². The number of aromatic hydroxyl groups is 2. The van der Waals surface area contributed by atoms with E-state index < -0.39 is 74.5 Å². The molecule has 10 N–H and O–H groups in total. The van der Waals surface area contributed by atoms with Crippen molar-refractivity contribution in [1.82, 2.24) is 0 Å². The molecule has 8 rings (SSSR count). The van der Waals surface area contributed by atoms with Crippen LogP contribution < -0.4 is 141 Å². The number of primary amides is 2. The van der Waals surface area contributed by atoms with E-state index in [9.17, 15) is 45.7 Å². The van der Waals surface area contributed by atoms with Crippen LogP contribution in [-0.4, -0.2) is 73.2 Å². The van der Waals surface area contributed by atoms with Gasteiger partial charge in [0.1, 0.15) is 25.9 Å². The van der Waals surface area contributed by atoms with Crippen molar-refractivity contribution in [2.75, 3.05) is 11.5 Å². The molecule has 0 radical (unpaired) electrons. The first-order valence-corrected chi connectivity index (χ1v) is 26.3. The van der Waals surface area contributed by atoms with Crippen LogP contribution in [0.5, 0.6) is 11.5 Å². The van der Waals surface area contributed by atoms with Gasteiger partial charge >= 0.3 is 139 Å². The standard InChI is InChI=1S/C48H34N12O10S2.4Na.2O3S/c49-35-18-21-37(57-53-30-12-6-27(7-13-30)47(51)63)33-17-20-39(45(61)42(33)35)59-55-29-10-2-25(3-11-29)1-4-26-5-16-32(23-40(26)71(65,66)67)56-60-44-41(72(68,69)70)24-34-38(22-19-36(50)43(34)46(44)62)58-54-31-14-8-28(9-15-31)48(52)64;;;;;2*1-4(2)3/h1-2,4-19,21-24,61-62H,49-50H2,(H2,51,63)(H2,52,64)(H,65,66,67)(H,68,69,70);;;;;;/q-2;4*+1;;/p-2/b4-1+,57-53?,58-54?,59-55?,60-56?;;;;;;. The Kier molecular flexibility index (Phi) is 28.8. The van der Waals surface area contributed by atoms with Crippen LogP contribution in [0, 0.1) is 12.1 Å². The maximum Gasteiger partial charge on any atom is 1.00 e. The van der Waals surface area contributed by atoms with E-state index in [2.05, 4.69) is 53.0 Å². The SMILES string of the molecule is NC(=O)c1ccc(N=Nc2ccc(N)c3c(O)c(N=Nc4c[c-]c(/C=C/c5ccc(N=Nc6c(S(=O)(=O)[O-])cc7c(N=Nc8ccc(C(N)=O)cc8)ccc(N)c7c6O)cc5S(=O)(=O)[O-])cc4)[c-]cc23)cc1.O=S(=O)=O.O=S(=O)=O.[Na+].[Na+].[Na+].[Na+]. The van der Waals surface area contributed by atoms with Gasteiger partial charge < -0.3 is 42.3 Å². The predicted octanol–water partition coefficient (Wildman–Crippen LogP) is -3.99. The van der Waals surface area contributed by atoms with Gasteiger partial charge in [-0.15, -0.1) is 65.8 Å². The van der Waals surface area contributed by atoms with Gasteiger partial charge in [0, 0.05) is 50.7 Å². The monoisotopic (exact) mass is 1250 g/mol. The molecule has 0 saturated carbocycles. The molecule has 8 aromatic carbocycles. The van der Waals surface area contributed by atoms with Crippen molar-refractivity contribution >= 4 is 144 Å². The number of nitrogens with zero attached hydrogens (tertiary/aromatic N) is 8. The van der Waals surface area contributed by atoms with Gasteiger partial charge in [-0.2, -0.15) is 43.3 Å². The van der Waals surface area contributed by atoms with Gasteiger partial charge in [-0.3, -0.25) is 9.59 Å². The Labute approximate surface area is 567 Å². The van der Waals surface area contributed by atoms with Crippen LogP contribution in [0.15, 0.2) is 172 Å². The summed E-state index contributed by atoms with van der Waals surface area (Å²) in [6.45, 7) is 0. The van der Waals surface area contributed by atoms with Crippen molar-refractivity contribution in [2.24, 2.45) is 52.4 Å². The minimum atomic E-state index is -5.39. The number of amides is 2. The Morgan fingerprint density at radius 3 is 1.39 bits per heavy atom. The van der Waals surface area contributed by atoms with Gasteiger partial charge in [0.2, 0.25) is 11.8 Å². The minimum absolute atomic E-state index is 0. The Hall–Kier alpha value is -6.38. The van der Waals surface area contributed by atoms with Crippen LogP contribution in [0.2, 0.25) is 0 Å². The number of nitrogen functional groups attached to an aromatic ring is 2. The summed E-state index contributed by atoms with van der Waals surface area (Å²) in [5, 5.41) is 55.3. The summed E-state index contributed by atoms with van der Waals surface area (Å²) in [7, 11) is -16.8. The molecule has 0 atom stereocenters. The molecule has 408 valence electrons. The maximum atomic E-state index is 12.5. The van der Waals surface area contributed by atoms with E-state index in [1.807, 2.05) is 0 Å². The van der Waals surface area contributed by atoms with Crippen LogP contribution in [0.3, 0.4) is 0 Å². The number of carbonyl (C=O) groups excluding carboxylic acids is 2. The number of phenols is 2. The quantitative estimate of drug-likeness (QED) is 0.0151. The smallest absolute Gasteiger partial charge is 0.744 e. The molecular formula is C48H32N12Na4O16S4. The zero-order valence-electron chi connectivity index (χ0n) is 43.8. The number of carbonyl (C=O) groups is 2. The first-order valence-electron chi connectivity index (χ1n) is 21.5. The molecule has 36 heteroatoms. The van der Waals surface area contributed by atoms with Crippen molar-refractivity contribution in [3.8, 4) is 11.5 Å². The van der Waals surface area contributed by atoms with Crippen LogP contribution in [0.25, 0.3) is 33.7 Å². The summed E-state index contributed by atoms with van der Waals surface area (Å²) < 4.78 is 126. The third kappa shape index (κ3) is 20.1. The largest absolute Gasteiger partial charge is 1.00 e. The van der Waals surface area contributed by atoms with Crippen molar-refractivity contribution < 1.29 is 189 Å². The Balaban J connectivity index is 0.00000189. The molecular weight excluding hydrogens is 1220 g/mol. The van der Waals surface area contributed by atoms with Gasteiger partial charge in [0.25, 0.3) is 0 Å². The van der Waals surface area contributed by atoms with E-state index in [4.69, 9.17) is 48.2 Å². The molecule has 28 nitrogen and oxygen atoms in total. The summed E-state index contributed by atoms with van der Waals surface area (Å²) in [5.74, 6) is -2.46. The van der Waals surface area contributed by atoms with E-state index >= 15 is 0 Å². The Morgan fingerprint density at radius 1 is 0.488 bits per heavy atom. The fourth-order valence-electron chi connectivity index (χ4n) is 6.91. The fourth-order valence-corrected chi connectivity index (χ4v) is 8.23. The molecule has 0 aliphatic heterocycles. The summed E-state index contributed by atoms with van der Waals surface area (Å²) in [6, 6.07) is 33.7. The van der Waals surface area contributed by atoms with E-state index in [1.54, 1.807) is 30.3 Å². The van der Waals surface area contributed by atoms with Gasteiger partial charge in [-0.05, 0) is 96.6 Å². The molecule has 0 aliphatic rings. The second-order valence-electron chi connectivity index (χ2n) is 15.6. The van der Waals surface area contributed by atoms with E-state index in [-0.39, 0.29) is 185 Å². The predicted molar refractivity (Wildman–Crippen MR) is 281 cm³/mol. The van der Waals surface area contributed by atoms with Crippen LogP contribution in [0.4, 0.5) is 56.9 Å². The summed E-state index contributed by atoms with van der Waals surface area (Å²) in [6.07, 6.45) is 2.75. The molecule has 2 amide bonds. The molecule has 0 spiro atoms. The van der Waals surface area contributed by atoms with Crippen molar-refractivity contribution in [3.63, 3.8) is 0 Å². The number of hydrogen-bond acceptors (Lipinski definition) is 26. The number of nitrogens with two attached hydrogens (primary N) is 4. The number of rotatable bonds is 14. The second kappa shape index (κ2) is 32.8. The van der Waals surface area contributed by atoms with Gasteiger partial charge in [0.05, 0.1) is 37.9 Å². The molecule has 0 bridgehead atoms. The molecule has 0 aromatic heterocycles. The third-order valence-electron chi connectivity index (χ3n) is 10.5. The zero-order chi connectivity index (χ0) is 58.6. The van der Waals surface area contributed by atoms with Gasteiger partial charge in [-0.1, -0.05) is 22.9 Å². The number of phenolic OH excluding ortho intramolecular Hbond substituents is 2. The normalized spacial score (nSPS) is 11.2.